The highest BCUT2D eigenvalue weighted by Crippen LogP contribution is 2.37. The molecule has 1 heteroatoms. The summed E-state index contributed by atoms with van der Waals surface area (Å²) in [7, 11) is 0. The smallest absolute Gasteiger partial charge is 0.119 e. The fourth-order valence-electron chi connectivity index (χ4n) is 3.17. The van der Waals surface area contributed by atoms with Crippen LogP contribution >= 0.6 is 0 Å². The van der Waals surface area contributed by atoms with Crippen LogP contribution in [-0.4, -0.2) is 5.11 Å². The molecular formula is C19H32O. The van der Waals surface area contributed by atoms with Crippen LogP contribution in [0.1, 0.15) is 83.6 Å². The number of unbranched alkanes of at least 4 members (excludes halogenated alkanes) is 4. The molecule has 1 aromatic rings. The van der Waals surface area contributed by atoms with E-state index in [4.69, 9.17) is 0 Å². The average molecular weight is 276 g/mol. The third-order valence-corrected chi connectivity index (χ3v) is 4.39. The van der Waals surface area contributed by atoms with Gasteiger partial charge in [-0.3, -0.25) is 0 Å². The maximum Gasteiger partial charge on any atom is 0.119 e. The molecule has 2 atom stereocenters. The van der Waals surface area contributed by atoms with Gasteiger partial charge in [0.2, 0.25) is 0 Å². The molecule has 0 amide bonds. The number of rotatable bonds is 10. The highest BCUT2D eigenvalue weighted by Gasteiger charge is 2.20. The van der Waals surface area contributed by atoms with Crippen LogP contribution in [0, 0.1) is 5.92 Å². The monoisotopic (exact) mass is 276 g/mol. The Balaban J connectivity index is 2.63. The van der Waals surface area contributed by atoms with Gasteiger partial charge in [-0.05, 0) is 29.9 Å². The molecule has 1 rings (SSSR count). The van der Waals surface area contributed by atoms with Crippen molar-refractivity contribution in [3.63, 3.8) is 0 Å². The van der Waals surface area contributed by atoms with E-state index >= 15 is 0 Å². The second kappa shape index (κ2) is 9.85. The van der Waals surface area contributed by atoms with E-state index in [9.17, 15) is 5.11 Å². The van der Waals surface area contributed by atoms with Crippen LogP contribution in [-0.2, 0) is 0 Å². The molecule has 0 aromatic heterocycles. The lowest BCUT2D eigenvalue weighted by Gasteiger charge is -2.25. The first-order valence-corrected chi connectivity index (χ1v) is 8.48. The third-order valence-electron chi connectivity index (χ3n) is 4.39. The lowest BCUT2D eigenvalue weighted by atomic mass is 9.80. The average Bonchev–Trinajstić information content (AvgIpc) is 2.44. The molecule has 1 aromatic carbocycles. The van der Waals surface area contributed by atoms with Gasteiger partial charge in [-0.2, -0.15) is 0 Å². The standard InChI is InChI=1S/C19H32O/c1-4-6-7-8-9-13-17(16(3)12-5-2)18-14-10-11-15-19(18)20/h10-11,14-17,20H,4-9,12-13H2,1-3H3. The van der Waals surface area contributed by atoms with Gasteiger partial charge >= 0.3 is 0 Å². The zero-order chi connectivity index (χ0) is 14.8. The van der Waals surface area contributed by atoms with Crippen LogP contribution in [0.4, 0.5) is 0 Å². The van der Waals surface area contributed by atoms with Crippen molar-refractivity contribution in [3.05, 3.63) is 29.8 Å². The number of para-hydroxylation sites is 1. The molecule has 0 saturated carbocycles. The minimum Gasteiger partial charge on any atom is -0.508 e. The predicted octanol–water partition coefficient (Wildman–Crippen LogP) is 6.27. The summed E-state index contributed by atoms with van der Waals surface area (Å²) in [6, 6.07) is 7.91. The molecular weight excluding hydrogens is 244 g/mol. The molecule has 20 heavy (non-hydrogen) atoms. The van der Waals surface area contributed by atoms with Crippen LogP contribution in [0.5, 0.6) is 5.75 Å². The maximum absolute atomic E-state index is 10.1. The lowest BCUT2D eigenvalue weighted by molar-refractivity contribution is 0.373. The number of hydrogen-bond acceptors (Lipinski definition) is 1. The van der Waals surface area contributed by atoms with Gasteiger partial charge in [0.05, 0.1) is 0 Å². The molecule has 0 aliphatic rings. The van der Waals surface area contributed by atoms with Crippen molar-refractivity contribution < 1.29 is 5.11 Å². The minimum absolute atomic E-state index is 0.481. The predicted molar refractivity (Wildman–Crippen MR) is 88.3 cm³/mol. The summed E-state index contributed by atoms with van der Waals surface area (Å²) >= 11 is 0. The molecule has 0 bridgehead atoms. The van der Waals surface area contributed by atoms with Crippen molar-refractivity contribution in [2.45, 2.75) is 78.1 Å². The van der Waals surface area contributed by atoms with Crippen molar-refractivity contribution in [1.29, 1.82) is 0 Å². The zero-order valence-electron chi connectivity index (χ0n) is 13.6. The van der Waals surface area contributed by atoms with E-state index in [0.717, 1.165) is 5.56 Å². The molecule has 0 spiro atoms. The van der Waals surface area contributed by atoms with Gasteiger partial charge in [-0.15, -0.1) is 0 Å². The highest BCUT2D eigenvalue weighted by molar-refractivity contribution is 5.35. The summed E-state index contributed by atoms with van der Waals surface area (Å²) in [5.74, 6) is 1.64. The minimum atomic E-state index is 0.481. The van der Waals surface area contributed by atoms with Crippen LogP contribution < -0.4 is 0 Å². The molecule has 0 heterocycles. The first-order chi connectivity index (χ1) is 9.70. The molecule has 0 fully saturated rings. The Labute approximate surface area is 125 Å². The normalized spacial score (nSPS) is 14.2. The Hall–Kier alpha value is -0.980. The largest absolute Gasteiger partial charge is 0.508 e. The van der Waals surface area contributed by atoms with Gasteiger partial charge in [0.25, 0.3) is 0 Å². The lowest BCUT2D eigenvalue weighted by Crippen LogP contribution is -2.10. The fraction of sp³-hybridized carbons (Fsp3) is 0.684. The topological polar surface area (TPSA) is 20.2 Å². The molecule has 1 nitrogen and oxygen atoms in total. The van der Waals surface area contributed by atoms with E-state index in [1.54, 1.807) is 0 Å². The second-order valence-electron chi connectivity index (χ2n) is 6.13. The van der Waals surface area contributed by atoms with Gasteiger partial charge in [0.1, 0.15) is 5.75 Å². The van der Waals surface area contributed by atoms with Gasteiger partial charge < -0.3 is 5.11 Å². The van der Waals surface area contributed by atoms with E-state index in [2.05, 4.69) is 32.9 Å². The summed E-state index contributed by atoms with van der Waals surface area (Å²) in [6.07, 6.45) is 10.3. The Bertz CT molecular complexity index is 359. The summed E-state index contributed by atoms with van der Waals surface area (Å²) < 4.78 is 0. The number of hydrogen-bond donors (Lipinski definition) is 1. The van der Waals surface area contributed by atoms with Crippen LogP contribution in [0.3, 0.4) is 0 Å². The SMILES string of the molecule is CCCCCCCC(c1ccccc1O)C(C)CCC. The van der Waals surface area contributed by atoms with Crippen LogP contribution in [0.15, 0.2) is 24.3 Å². The molecule has 114 valence electrons. The van der Waals surface area contributed by atoms with Crippen molar-refractivity contribution in [2.24, 2.45) is 5.92 Å². The number of phenols is 1. The number of benzene rings is 1. The second-order valence-corrected chi connectivity index (χ2v) is 6.13. The highest BCUT2D eigenvalue weighted by atomic mass is 16.3. The number of aromatic hydroxyl groups is 1. The Morgan fingerprint density at radius 2 is 1.60 bits per heavy atom. The first-order valence-electron chi connectivity index (χ1n) is 8.48. The van der Waals surface area contributed by atoms with Crippen LogP contribution in [0.2, 0.25) is 0 Å². The van der Waals surface area contributed by atoms with E-state index < -0.39 is 0 Å². The molecule has 1 N–H and O–H groups in total. The van der Waals surface area contributed by atoms with Crippen molar-refractivity contribution >= 4 is 0 Å². The summed E-state index contributed by atoms with van der Waals surface area (Å²) in [4.78, 5) is 0. The Morgan fingerprint density at radius 3 is 2.25 bits per heavy atom. The van der Waals surface area contributed by atoms with Gasteiger partial charge in [-0.1, -0.05) is 83.9 Å². The van der Waals surface area contributed by atoms with Crippen molar-refractivity contribution in [2.75, 3.05) is 0 Å². The quantitative estimate of drug-likeness (QED) is 0.499. The molecule has 0 radical (unpaired) electrons. The van der Waals surface area contributed by atoms with E-state index in [1.165, 1.54) is 51.4 Å². The molecule has 2 unspecified atom stereocenters. The zero-order valence-corrected chi connectivity index (χ0v) is 13.6. The summed E-state index contributed by atoms with van der Waals surface area (Å²) in [5.41, 5.74) is 1.16. The Morgan fingerprint density at radius 1 is 0.900 bits per heavy atom. The van der Waals surface area contributed by atoms with E-state index in [1.807, 2.05) is 12.1 Å². The van der Waals surface area contributed by atoms with E-state index in [-0.39, 0.29) is 0 Å². The van der Waals surface area contributed by atoms with Crippen LogP contribution in [0.25, 0.3) is 0 Å². The Kier molecular flexibility index (Phi) is 8.41. The van der Waals surface area contributed by atoms with Gasteiger partial charge in [0.15, 0.2) is 0 Å². The van der Waals surface area contributed by atoms with Gasteiger partial charge in [0, 0.05) is 0 Å². The van der Waals surface area contributed by atoms with E-state index in [0.29, 0.717) is 17.6 Å². The first kappa shape index (κ1) is 17.1. The molecule has 0 saturated heterocycles. The fourth-order valence-corrected chi connectivity index (χ4v) is 3.17. The summed E-state index contributed by atoms with van der Waals surface area (Å²) in [6.45, 7) is 6.85. The third kappa shape index (κ3) is 5.56. The summed E-state index contributed by atoms with van der Waals surface area (Å²) in [5, 5.41) is 10.1. The molecule has 0 aliphatic carbocycles. The van der Waals surface area contributed by atoms with Gasteiger partial charge in [-0.25, -0.2) is 0 Å². The maximum atomic E-state index is 10.1. The van der Waals surface area contributed by atoms with Crippen molar-refractivity contribution in [3.8, 4) is 5.75 Å². The van der Waals surface area contributed by atoms with Crippen molar-refractivity contribution in [1.82, 2.24) is 0 Å². The molecule has 0 aliphatic heterocycles. The number of phenolic OH excluding ortho intramolecular Hbond substituents is 1.